The summed E-state index contributed by atoms with van der Waals surface area (Å²) in [6, 6.07) is 63.4. The third kappa shape index (κ3) is 6.53. The van der Waals surface area contributed by atoms with Crippen molar-refractivity contribution in [1.82, 2.24) is 4.57 Å². The fourth-order valence-corrected chi connectivity index (χ4v) is 27.5. The summed E-state index contributed by atoms with van der Waals surface area (Å²) in [4.78, 5) is 5.25. The zero-order chi connectivity index (χ0) is 48.2. The number of ether oxygens (including phenoxy) is 1. The maximum atomic E-state index is 7.64. The van der Waals surface area contributed by atoms with Gasteiger partial charge in [-0.25, -0.2) is 0 Å². The molecule has 0 unspecified atom stereocenters. The van der Waals surface area contributed by atoms with Crippen molar-refractivity contribution in [2.24, 2.45) is 0 Å². The van der Waals surface area contributed by atoms with Crippen LogP contribution in [0.2, 0.25) is 0 Å². The van der Waals surface area contributed by atoms with Crippen LogP contribution in [-0.2, 0) is 21.7 Å². The molecule has 9 aromatic rings. The molecule has 5 heteroatoms. The molecule has 0 N–H and O–H groups in total. The minimum absolute atomic E-state index is 0.00315. The third-order valence-electron chi connectivity index (χ3n) is 15.3. The number of hydrogen-bond acceptors (Lipinski definition) is 3. The molecule has 0 bridgehead atoms. The molecule has 0 saturated carbocycles. The molecule has 0 fully saturated rings. The summed E-state index contributed by atoms with van der Waals surface area (Å²) in [5.41, 5.74) is 15.6. The van der Waals surface area contributed by atoms with Crippen LogP contribution >= 0.6 is 0 Å². The molecule has 0 atom stereocenters. The summed E-state index contributed by atoms with van der Waals surface area (Å²) < 4.78 is 15.8. The average Bonchev–Trinajstić information content (AvgIpc) is 3.65. The van der Waals surface area contributed by atoms with Crippen molar-refractivity contribution in [3.8, 4) is 17.2 Å². The molecule has 8 aromatic carbocycles. The molecule has 0 saturated heterocycles. The molecule has 3 aliphatic heterocycles. The molecule has 0 amide bonds. The van der Waals surface area contributed by atoms with Gasteiger partial charge in [0.15, 0.2) is 0 Å². The van der Waals surface area contributed by atoms with Crippen LogP contribution in [0.3, 0.4) is 0 Å². The summed E-state index contributed by atoms with van der Waals surface area (Å²) >= 11 is -4.54. The molecule has 0 aliphatic carbocycles. The summed E-state index contributed by atoms with van der Waals surface area (Å²) in [5, 5.41) is 2.50. The molecule has 4 heterocycles. The molecular formula is C64H63N3OSn. The Balaban J connectivity index is 1.32. The molecule has 3 aliphatic rings. The predicted molar refractivity (Wildman–Crippen MR) is 296 cm³/mol. The van der Waals surface area contributed by atoms with Gasteiger partial charge in [-0.1, -0.05) is 0 Å². The van der Waals surface area contributed by atoms with E-state index in [1.54, 1.807) is 0 Å². The SMILES string of the molecule is CC(C)(C)c1ccc(N2c3cc(C(C)(C)C)cc4[c]3[Sn]3([c]5ccccc5)[c]5c(cc(C(C)(C)C)cc5N(c5ccc(C(C)(C)C)cc5)c5cc(-n6c7ccccc7c7ccccc76)cc2[c]53)O4)cc1. The molecule has 344 valence electrons. The van der Waals surface area contributed by atoms with Gasteiger partial charge in [-0.2, -0.15) is 0 Å². The standard InChI is InChI=1S/C58H58N3O.C6H5.Sn/c1-55(2,3)38-21-25-42(26-22-38)59-44-29-40(57(7,8)9)31-49(36-44)62-50-32-41(58(10,11)12)30-45(37-50)60(43-27-23-39(24-28-43)56(4,5)6)47-33-46(59)34-48(35-47)61-53-19-15-13-17-51(53)52-18-14-16-20-54(52)61;1-2-4-6-5-3-1;/h13-32,34-35H,1-12H3;1-5H;. The van der Waals surface area contributed by atoms with E-state index < -0.39 is 18.4 Å². The third-order valence-corrected chi connectivity index (χ3v) is 29.5. The summed E-state index contributed by atoms with van der Waals surface area (Å²) in [6.07, 6.45) is 0. The van der Waals surface area contributed by atoms with Crippen LogP contribution in [0.4, 0.5) is 34.1 Å². The Morgan fingerprint density at radius 2 is 0.725 bits per heavy atom. The van der Waals surface area contributed by atoms with Crippen LogP contribution in [0.15, 0.2) is 164 Å². The number of benzene rings is 8. The maximum absolute atomic E-state index is 7.64. The van der Waals surface area contributed by atoms with E-state index in [0.717, 1.165) is 28.6 Å². The van der Waals surface area contributed by atoms with E-state index in [1.807, 2.05) is 0 Å². The number of fused-ring (bicyclic) bond motifs is 3. The van der Waals surface area contributed by atoms with Crippen LogP contribution in [0.25, 0.3) is 27.5 Å². The van der Waals surface area contributed by atoms with Gasteiger partial charge in [-0.3, -0.25) is 0 Å². The van der Waals surface area contributed by atoms with Crippen LogP contribution < -0.4 is 28.9 Å². The van der Waals surface area contributed by atoms with Gasteiger partial charge < -0.3 is 0 Å². The number of anilines is 6. The average molecular weight is 1010 g/mol. The number of hydrogen-bond donors (Lipinski definition) is 0. The van der Waals surface area contributed by atoms with Gasteiger partial charge in [0.25, 0.3) is 0 Å². The number of para-hydroxylation sites is 2. The fourth-order valence-electron chi connectivity index (χ4n) is 11.7. The Labute approximate surface area is 413 Å². The van der Waals surface area contributed by atoms with E-state index in [1.165, 1.54) is 81.1 Å². The first kappa shape index (κ1) is 44.0. The van der Waals surface area contributed by atoms with E-state index in [4.69, 9.17) is 4.74 Å². The first-order valence-electron chi connectivity index (χ1n) is 24.8. The van der Waals surface area contributed by atoms with Gasteiger partial charge in [0, 0.05) is 0 Å². The van der Waals surface area contributed by atoms with Crippen LogP contribution in [0.5, 0.6) is 11.5 Å². The molecule has 0 radical (unpaired) electrons. The van der Waals surface area contributed by atoms with Crippen molar-refractivity contribution >= 4 is 88.6 Å². The van der Waals surface area contributed by atoms with Crippen molar-refractivity contribution in [3.05, 3.63) is 186 Å². The predicted octanol–water partition coefficient (Wildman–Crippen LogP) is 15.0. The van der Waals surface area contributed by atoms with E-state index >= 15 is 0 Å². The fraction of sp³-hybridized carbons (Fsp3) is 0.250. The molecule has 1 aromatic heterocycles. The quantitative estimate of drug-likeness (QED) is 0.164. The summed E-state index contributed by atoms with van der Waals surface area (Å²) in [5.74, 6) is 2.01. The van der Waals surface area contributed by atoms with Crippen molar-refractivity contribution < 1.29 is 4.74 Å². The van der Waals surface area contributed by atoms with Crippen LogP contribution in [-0.4, -0.2) is 22.9 Å². The van der Waals surface area contributed by atoms with E-state index in [2.05, 4.69) is 261 Å². The topological polar surface area (TPSA) is 20.6 Å². The molecule has 0 spiro atoms. The zero-order valence-electron chi connectivity index (χ0n) is 42.3. The first-order valence-corrected chi connectivity index (χ1v) is 30.6. The van der Waals surface area contributed by atoms with Crippen molar-refractivity contribution in [3.63, 3.8) is 0 Å². The van der Waals surface area contributed by atoms with E-state index in [0.29, 0.717) is 0 Å². The molecular weight excluding hydrogens is 945 g/mol. The van der Waals surface area contributed by atoms with Crippen molar-refractivity contribution in [2.45, 2.75) is 105 Å². The van der Waals surface area contributed by atoms with Gasteiger partial charge in [0.1, 0.15) is 0 Å². The normalized spacial score (nSPS) is 14.8. The molecule has 12 rings (SSSR count). The van der Waals surface area contributed by atoms with Crippen molar-refractivity contribution in [2.75, 3.05) is 9.80 Å². The number of aromatic nitrogens is 1. The Hall–Kier alpha value is -6.24. The summed E-state index contributed by atoms with van der Waals surface area (Å²) in [7, 11) is 0. The molecule has 4 nitrogen and oxygen atoms in total. The van der Waals surface area contributed by atoms with Gasteiger partial charge in [-0.15, -0.1) is 0 Å². The second kappa shape index (κ2) is 14.9. The Morgan fingerprint density at radius 1 is 0.348 bits per heavy atom. The minimum atomic E-state index is -4.54. The zero-order valence-corrected chi connectivity index (χ0v) is 45.2. The molecule has 69 heavy (non-hydrogen) atoms. The second-order valence-electron chi connectivity index (χ2n) is 23.9. The Morgan fingerprint density at radius 3 is 1.13 bits per heavy atom. The van der Waals surface area contributed by atoms with E-state index in [-0.39, 0.29) is 21.7 Å². The van der Waals surface area contributed by atoms with Crippen molar-refractivity contribution in [1.29, 1.82) is 0 Å². The van der Waals surface area contributed by atoms with E-state index in [9.17, 15) is 0 Å². The van der Waals surface area contributed by atoms with Crippen LogP contribution in [0.1, 0.15) is 105 Å². The first-order chi connectivity index (χ1) is 32.7. The summed E-state index contributed by atoms with van der Waals surface area (Å²) in [6.45, 7) is 27.9. The Bertz CT molecular complexity index is 3350. The van der Waals surface area contributed by atoms with Crippen LogP contribution in [0, 0.1) is 0 Å². The second-order valence-corrected chi connectivity index (χ2v) is 34.2. The van der Waals surface area contributed by atoms with Gasteiger partial charge >= 0.3 is 416 Å². The van der Waals surface area contributed by atoms with Gasteiger partial charge in [-0.05, 0) is 0 Å². The number of rotatable bonds is 4. The van der Waals surface area contributed by atoms with Gasteiger partial charge in [0.05, 0.1) is 0 Å². The Kier molecular flexibility index (Phi) is 9.49. The monoisotopic (exact) mass is 1010 g/mol. The number of nitrogens with zero attached hydrogens (tertiary/aromatic N) is 3. The van der Waals surface area contributed by atoms with Gasteiger partial charge in [0.2, 0.25) is 0 Å².